The highest BCUT2D eigenvalue weighted by atomic mass is 16.6. The maximum Gasteiger partial charge on any atom is 0.410 e. The molecule has 1 aliphatic rings. The molecule has 1 aliphatic heterocycles. The fourth-order valence-corrected chi connectivity index (χ4v) is 1.49. The Morgan fingerprint density at radius 3 is 2.44 bits per heavy atom. The Morgan fingerprint density at radius 1 is 1.44 bits per heavy atom. The van der Waals surface area contributed by atoms with Gasteiger partial charge in [-0.25, -0.2) is 4.79 Å². The lowest BCUT2D eigenvalue weighted by molar-refractivity contribution is 0.00514. The first-order valence-corrected chi connectivity index (χ1v) is 5.99. The van der Waals surface area contributed by atoms with Crippen LogP contribution in [0, 0.1) is 5.92 Å². The molecule has 0 unspecified atom stereocenters. The standard InChI is InChI=1S/C12H24N2O2/c1-9(2)6-13-10-7-14(8-10)11(15)16-12(3,4)5/h9-10,13H,6-8H2,1-5H3. The smallest absolute Gasteiger partial charge is 0.410 e. The summed E-state index contributed by atoms with van der Waals surface area (Å²) in [5, 5.41) is 3.42. The van der Waals surface area contributed by atoms with E-state index in [0.29, 0.717) is 12.0 Å². The van der Waals surface area contributed by atoms with Gasteiger partial charge in [0.15, 0.2) is 0 Å². The first kappa shape index (κ1) is 13.3. The molecule has 1 amide bonds. The first-order valence-electron chi connectivity index (χ1n) is 5.99. The number of hydrogen-bond donors (Lipinski definition) is 1. The normalized spacial score (nSPS) is 17.5. The van der Waals surface area contributed by atoms with E-state index in [-0.39, 0.29) is 6.09 Å². The van der Waals surface area contributed by atoms with Crippen molar-refractivity contribution in [3.8, 4) is 0 Å². The Bertz CT molecular complexity index is 240. The van der Waals surface area contributed by atoms with E-state index in [4.69, 9.17) is 4.74 Å². The van der Waals surface area contributed by atoms with E-state index < -0.39 is 5.60 Å². The molecule has 0 radical (unpaired) electrons. The third-order valence-corrected chi connectivity index (χ3v) is 2.35. The van der Waals surface area contributed by atoms with Gasteiger partial charge in [0.1, 0.15) is 5.60 Å². The number of nitrogens with one attached hydrogen (secondary N) is 1. The van der Waals surface area contributed by atoms with Crippen LogP contribution in [0.3, 0.4) is 0 Å². The molecule has 4 heteroatoms. The molecule has 0 bridgehead atoms. The average Bonchev–Trinajstić information content (AvgIpc) is 1.96. The Balaban J connectivity index is 2.18. The van der Waals surface area contributed by atoms with Crippen molar-refractivity contribution in [3.63, 3.8) is 0 Å². The molecule has 94 valence electrons. The molecule has 1 rings (SSSR count). The molecule has 4 nitrogen and oxygen atoms in total. The Morgan fingerprint density at radius 2 is 2.00 bits per heavy atom. The van der Waals surface area contributed by atoms with Gasteiger partial charge in [-0.15, -0.1) is 0 Å². The SMILES string of the molecule is CC(C)CNC1CN(C(=O)OC(C)(C)C)C1. The van der Waals surface area contributed by atoms with E-state index in [9.17, 15) is 4.79 Å². The molecule has 1 N–H and O–H groups in total. The molecule has 1 saturated heterocycles. The summed E-state index contributed by atoms with van der Waals surface area (Å²) >= 11 is 0. The van der Waals surface area contributed by atoms with Crippen LogP contribution in [0.1, 0.15) is 34.6 Å². The van der Waals surface area contributed by atoms with Crippen LogP contribution in [0.15, 0.2) is 0 Å². The van der Waals surface area contributed by atoms with Gasteiger partial charge in [0, 0.05) is 19.1 Å². The van der Waals surface area contributed by atoms with E-state index in [1.54, 1.807) is 4.90 Å². The molecule has 0 aromatic heterocycles. The first-order chi connectivity index (χ1) is 7.28. The van der Waals surface area contributed by atoms with Gasteiger partial charge in [0.2, 0.25) is 0 Å². The van der Waals surface area contributed by atoms with Crippen molar-refractivity contribution in [1.29, 1.82) is 0 Å². The van der Waals surface area contributed by atoms with Crippen molar-refractivity contribution < 1.29 is 9.53 Å². The maximum atomic E-state index is 11.6. The molecule has 0 aliphatic carbocycles. The predicted molar refractivity (Wildman–Crippen MR) is 64.4 cm³/mol. The number of hydrogen-bond acceptors (Lipinski definition) is 3. The van der Waals surface area contributed by atoms with Crippen molar-refractivity contribution in [2.45, 2.75) is 46.3 Å². The lowest BCUT2D eigenvalue weighted by Gasteiger charge is -2.40. The lowest BCUT2D eigenvalue weighted by Crippen LogP contribution is -2.60. The lowest BCUT2D eigenvalue weighted by atomic mass is 10.1. The minimum Gasteiger partial charge on any atom is -0.444 e. The zero-order valence-electron chi connectivity index (χ0n) is 11.0. The maximum absolute atomic E-state index is 11.6. The minimum absolute atomic E-state index is 0.199. The van der Waals surface area contributed by atoms with Crippen LogP contribution in [-0.2, 0) is 4.74 Å². The summed E-state index contributed by atoms with van der Waals surface area (Å²) in [6.07, 6.45) is -0.199. The number of carbonyl (C=O) groups excluding carboxylic acids is 1. The third kappa shape index (κ3) is 4.39. The topological polar surface area (TPSA) is 41.6 Å². The summed E-state index contributed by atoms with van der Waals surface area (Å²) < 4.78 is 5.27. The van der Waals surface area contributed by atoms with Crippen molar-refractivity contribution in [2.24, 2.45) is 5.92 Å². The fraction of sp³-hybridized carbons (Fsp3) is 0.917. The number of rotatable bonds is 3. The van der Waals surface area contributed by atoms with Crippen molar-refractivity contribution in [2.75, 3.05) is 19.6 Å². The van der Waals surface area contributed by atoms with Gasteiger partial charge in [-0.1, -0.05) is 13.8 Å². The minimum atomic E-state index is -0.395. The van der Waals surface area contributed by atoms with Crippen molar-refractivity contribution in [3.05, 3.63) is 0 Å². The summed E-state index contributed by atoms with van der Waals surface area (Å²) in [5.74, 6) is 0.649. The van der Waals surface area contributed by atoms with E-state index >= 15 is 0 Å². The monoisotopic (exact) mass is 228 g/mol. The van der Waals surface area contributed by atoms with E-state index in [0.717, 1.165) is 19.6 Å². The Kier molecular flexibility index (Phi) is 4.19. The summed E-state index contributed by atoms with van der Waals surface area (Å²) in [7, 11) is 0. The number of amides is 1. The second-order valence-corrected chi connectivity index (χ2v) is 5.88. The van der Waals surface area contributed by atoms with Crippen LogP contribution in [0.4, 0.5) is 4.79 Å². The van der Waals surface area contributed by atoms with Gasteiger partial charge in [0.25, 0.3) is 0 Å². The summed E-state index contributed by atoms with van der Waals surface area (Å²) in [6.45, 7) is 12.6. The van der Waals surface area contributed by atoms with E-state index in [1.807, 2.05) is 20.8 Å². The molecule has 1 heterocycles. The molecule has 16 heavy (non-hydrogen) atoms. The number of nitrogens with zero attached hydrogens (tertiary/aromatic N) is 1. The number of ether oxygens (including phenoxy) is 1. The fourth-order valence-electron chi connectivity index (χ4n) is 1.49. The highest BCUT2D eigenvalue weighted by Crippen LogP contribution is 2.15. The van der Waals surface area contributed by atoms with Gasteiger partial charge in [-0.2, -0.15) is 0 Å². The highest BCUT2D eigenvalue weighted by Gasteiger charge is 2.33. The summed E-state index contributed by atoms with van der Waals surface area (Å²) in [5.41, 5.74) is -0.395. The van der Waals surface area contributed by atoms with Gasteiger partial charge in [-0.05, 0) is 33.2 Å². The van der Waals surface area contributed by atoms with E-state index in [2.05, 4.69) is 19.2 Å². The van der Waals surface area contributed by atoms with Crippen molar-refractivity contribution >= 4 is 6.09 Å². The van der Waals surface area contributed by atoms with Gasteiger partial charge in [-0.3, -0.25) is 0 Å². The highest BCUT2D eigenvalue weighted by molar-refractivity contribution is 5.69. The molecular formula is C12H24N2O2. The zero-order valence-corrected chi connectivity index (χ0v) is 11.0. The van der Waals surface area contributed by atoms with Crippen molar-refractivity contribution in [1.82, 2.24) is 10.2 Å². The van der Waals surface area contributed by atoms with Gasteiger partial charge in [0.05, 0.1) is 0 Å². The Labute approximate surface area is 98.3 Å². The second-order valence-electron chi connectivity index (χ2n) is 5.88. The molecule has 0 spiro atoms. The number of carbonyl (C=O) groups is 1. The van der Waals surface area contributed by atoms with Crippen LogP contribution >= 0.6 is 0 Å². The molecule has 0 saturated carbocycles. The van der Waals surface area contributed by atoms with Crippen LogP contribution in [0.2, 0.25) is 0 Å². The Hall–Kier alpha value is -0.770. The third-order valence-electron chi connectivity index (χ3n) is 2.35. The van der Waals surface area contributed by atoms with Gasteiger partial charge < -0.3 is 15.0 Å². The molecular weight excluding hydrogens is 204 g/mol. The quantitative estimate of drug-likeness (QED) is 0.801. The van der Waals surface area contributed by atoms with Gasteiger partial charge >= 0.3 is 6.09 Å². The van der Waals surface area contributed by atoms with Crippen LogP contribution in [-0.4, -0.2) is 42.3 Å². The number of likely N-dealkylation sites (tertiary alicyclic amines) is 1. The van der Waals surface area contributed by atoms with Crippen LogP contribution in [0.5, 0.6) is 0 Å². The summed E-state index contributed by atoms with van der Waals surface area (Å²) in [4.78, 5) is 13.3. The summed E-state index contributed by atoms with van der Waals surface area (Å²) in [6, 6.07) is 0.440. The van der Waals surface area contributed by atoms with Crippen LogP contribution in [0.25, 0.3) is 0 Å². The second kappa shape index (κ2) is 5.04. The molecule has 0 aromatic carbocycles. The molecule has 0 atom stereocenters. The largest absolute Gasteiger partial charge is 0.444 e. The van der Waals surface area contributed by atoms with Crippen LogP contribution < -0.4 is 5.32 Å². The molecule has 1 fully saturated rings. The molecule has 0 aromatic rings. The van der Waals surface area contributed by atoms with E-state index in [1.165, 1.54) is 0 Å². The predicted octanol–water partition coefficient (Wildman–Crippen LogP) is 1.85. The average molecular weight is 228 g/mol. The zero-order chi connectivity index (χ0) is 12.3.